The van der Waals surface area contributed by atoms with Crippen molar-refractivity contribution < 1.29 is 0 Å². The van der Waals surface area contributed by atoms with E-state index < -0.39 is 0 Å². The monoisotopic (exact) mass is 163 g/mol. The molecule has 0 bridgehead atoms. The van der Waals surface area contributed by atoms with Crippen LogP contribution in [0.15, 0.2) is 0 Å². The average Bonchev–Trinajstić information content (AvgIpc) is 1.90. The molecule has 0 heterocycles. The smallest absolute Gasteiger partial charge is 0.0226 e. The first-order valence-electron chi connectivity index (χ1n) is 4.05. The van der Waals surface area contributed by atoms with E-state index >= 15 is 0 Å². The van der Waals surface area contributed by atoms with Crippen molar-refractivity contribution in [1.82, 2.24) is 5.32 Å². The van der Waals surface area contributed by atoms with E-state index in [-0.39, 0.29) is 0 Å². The minimum Gasteiger partial charge on any atom is -0.319 e. The van der Waals surface area contributed by atoms with Gasteiger partial charge in [-0.1, -0.05) is 13.3 Å². The van der Waals surface area contributed by atoms with Gasteiger partial charge in [-0.3, -0.25) is 0 Å². The molecule has 0 amide bonds. The van der Waals surface area contributed by atoms with Crippen molar-refractivity contribution in [1.29, 1.82) is 0 Å². The minimum absolute atomic E-state index is 0.785. The Morgan fingerprint density at radius 2 is 2.10 bits per heavy atom. The van der Waals surface area contributed by atoms with Crippen LogP contribution in [0, 0.1) is 5.92 Å². The maximum atomic E-state index is 5.64. The predicted octanol–water partition coefficient (Wildman–Crippen LogP) is 2.25. The Kier molecular flexibility index (Phi) is 7.54. The van der Waals surface area contributed by atoms with Gasteiger partial charge in [-0.15, -0.1) is 11.6 Å². The highest BCUT2D eigenvalue weighted by molar-refractivity contribution is 6.17. The molecule has 1 N–H and O–H groups in total. The Morgan fingerprint density at radius 3 is 2.50 bits per heavy atom. The van der Waals surface area contributed by atoms with E-state index in [0.717, 1.165) is 24.8 Å². The fourth-order valence-electron chi connectivity index (χ4n) is 1.20. The molecule has 1 nitrogen and oxygen atoms in total. The van der Waals surface area contributed by atoms with Gasteiger partial charge >= 0.3 is 0 Å². The summed E-state index contributed by atoms with van der Waals surface area (Å²) in [6.07, 6.45) is 3.72. The number of rotatable bonds is 6. The van der Waals surface area contributed by atoms with Crippen molar-refractivity contribution in [2.45, 2.75) is 26.2 Å². The van der Waals surface area contributed by atoms with Crippen molar-refractivity contribution in [3.8, 4) is 0 Å². The second kappa shape index (κ2) is 7.36. The van der Waals surface area contributed by atoms with Gasteiger partial charge in [0.1, 0.15) is 0 Å². The van der Waals surface area contributed by atoms with Gasteiger partial charge in [-0.2, -0.15) is 0 Å². The van der Waals surface area contributed by atoms with Gasteiger partial charge < -0.3 is 5.32 Å². The van der Waals surface area contributed by atoms with Crippen molar-refractivity contribution in [3.63, 3.8) is 0 Å². The van der Waals surface area contributed by atoms with Crippen molar-refractivity contribution >= 4 is 11.6 Å². The summed E-state index contributed by atoms with van der Waals surface area (Å²) in [5.41, 5.74) is 0. The molecule has 0 saturated heterocycles. The average molecular weight is 164 g/mol. The highest BCUT2D eigenvalue weighted by atomic mass is 35.5. The number of halogens is 1. The number of nitrogens with one attached hydrogen (secondary N) is 1. The van der Waals surface area contributed by atoms with Crippen LogP contribution in [0.1, 0.15) is 26.2 Å². The Bertz CT molecular complexity index is 52.0. The zero-order valence-electron chi connectivity index (χ0n) is 6.99. The van der Waals surface area contributed by atoms with Crippen LogP contribution in [0.25, 0.3) is 0 Å². The van der Waals surface area contributed by atoms with E-state index in [1.165, 1.54) is 12.8 Å². The molecule has 1 atom stereocenters. The minimum atomic E-state index is 0.785. The highest BCUT2D eigenvalue weighted by Crippen LogP contribution is 2.10. The van der Waals surface area contributed by atoms with E-state index in [0.29, 0.717) is 0 Å². The lowest BCUT2D eigenvalue weighted by molar-refractivity contribution is 0.447. The molecule has 0 aromatic carbocycles. The van der Waals surface area contributed by atoms with Gasteiger partial charge in [-0.25, -0.2) is 0 Å². The fourth-order valence-corrected chi connectivity index (χ4v) is 1.51. The van der Waals surface area contributed by atoms with Crippen molar-refractivity contribution in [2.24, 2.45) is 5.92 Å². The second-order valence-corrected chi connectivity index (χ2v) is 3.07. The third-order valence-electron chi connectivity index (χ3n) is 1.71. The molecule has 0 aliphatic heterocycles. The summed E-state index contributed by atoms with van der Waals surface area (Å²) in [5, 5.41) is 3.18. The van der Waals surface area contributed by atoms with Gasteiger partial charge in [0.05, 0.1) is 0 Å². The maximum Gasteiger partial charge on any atom is 0.0226 e. The molecule has 0 radical (unpaired) electrons. The quantitative estimate of drug-likeness (QED) is 0.593. The molecule has 0 fully saturated rings. The molecule has 0 spiro atoms. The summed E-state index contributed by atoms with van der Waals surface area (Å²) < 4.78 is 0. The predicted molar refractivity (Wildman–Crippen MR) is 47.7 cm³/mol. The normalized spacial score (nSPS) is 13.5. The van der Waals surface area contributed by atoms with E-state index in [2.05, 4.69) is 12.2 Å². The van der Waals surface area contributed by atoms with Gasteiger partial charge in [-0.05, 0) is 32.4 Å². The molecule has 2 heteroatoms. The topological polar surface area (TPSA) is 12.0 Å². The first-order valence-corrected chi connectivity index (χ1v) is 4.59. The van der Waals surface area contributed by atoms with E-state index in [9.17, 15) is 0 Å². The van der Waals surface area contributed by atoms with Crippen LogP contribution in [0.4, 0.5) is 0 Å². The first kappa shape index (κ1) is 10.2. The largest absolute Gasteiger partial charge is 0.319 e. The molecule has 0 rings (SSSR count). The van der Waals surface area contributed by atoms with Gasteiger partial charge in [0.15, 0.2) is 0 Å². The molecule has 10 heavy (non-hydrogen) atoms. The van der Waals surface area contributed by atoms with Crippen LogP contribution >= 0.6 is 11.6 Å². The van der Waals surface area contributed by atoms with Gasteiger partial charge in [0.25, 0.3) is 0 Å². The van der Waals surface area contributed by atoms with Crippen LogP contribution in [0.2, 0.25) is 0 Å². The number of hydrogen-bond donors (Lipinski definition) is 1. The fraction of sp³-hybridized carbons (Fsp3) is 1.00. The molecule has 1 unspecified atom stereocenters. The SMILES string of the molecule is CCCC(CCCl)CNC. The van der Waals surface area contributed by atoms with E-state index in [1.807, 2.05) is 7.05 Å². The highest BCUT2D eigenvalue weighted by Gasteiger charge is 2.04. The third-order valence-corrected chi connectivity index (χ3v) is 1.93. The molecule has 62 valence electrons. The van der Waals surface area contributed by atoms with Crippen molar-refractivity contribution in [3.05, 3.63) is 0 Å². The lowest BCUT2D eigenvalue weighted by Crippen LogP contribution is -2.18. The zero-order chi connectivity index (χ0) is 7.82. The van der Waals surface area contributed by atoms with E-state index in [1.54, 1.807) is 0 Å². The van der Waals surface area contributed by atoms with Crippen LogP contribution in [-0.2, 0) is 0 Å². The summed E-state index contributed by atoms with van der Waals surface area (Å²) in [6, 6.07) is 0. The lowest BCUT2D eigenvalue weighted by atomic mass is 10.0. The molecular weight excluding hydrogens is 146 g/mol. The summed E-state index contributed by atoms with van der Waals surface area (Å²) in [5.74, 6) is 1.58. The first-order chi connectivity index (χ1) is 4.85. The van der Waals surface area contributed by atoms with Crippen LogP contribution in [-0.4, -0.2) is 19.5 Å². The van der Waals surface area contributed by atoms with Gasteiger partial charge in [0.2, 0.25) is 0 Å². The van der Waals surface area contributed by atoms with Crippen molar-refractivity contribution in [2.75, 3.05) is 19.5 Å². The zero-order valence-corrected chi connectivity index (χ0v) is 7.75. The van der Waals surface area contributed by atoms with Crippen LogP contribution in [0.5, 0.6) is 0 Å². The Labute approximate surface area is 69.1 Å². The summed E-state index contributed by atoms with van der Waals surface area (Å²) in [6.45, 7) is 3.33. The standard InChI is InChI=1S/C8H18ClN/c1-3-4-8(5-6-9)7-10-2/h8,10H,3-7H2,1-2H3. The number of hydrogen-bond acceptors (Lipinski definition) is 1. The third kappa shape index (κ3) is 5.07. The Morgan fingerprint density at radius 1 is 1.40 bits per heavy atom. The summed E-state index contributed by atoms with van der Waals surface area (Å²) in [4.78, 5) is 0. The lowest BCUT2D eigenvalue weighted by Gasteiger charge is -2.12. The molecule has 0 aromatic rings. The van der Waals surface area contributed by atoms with Crippen LogP contribution in [0.3, 0.4) is 0 Å². The van der Waals surface area contributed by atoms with Gasteiger partial charge in [0, 0.05) is 5.88 Å². The molecular formula is C8H18ClN. The summed E-state index contributed by atoms with van der Waals surface area (Å²) in [7, 11) is 2.00. The maximum absolute atomic E-state index is 5.64. The van der Waals surface area contributed by atoms with E-state index in [4.69, 9.17) is 11.6 Å². The summed E-state index contributed by atoms with van der Waals surface area (Å²) >= 11 is 5.64. The van der Waals surface area contributed by atoms with Crippen LogP contribution < -0.4 is 5.32 Å². The Hall–Kier alpha value is 0.250. The molecule has 0 aliphatic carbocycles. The number of alkyl halides is 1. The molecule has 0 aromatic heterocycles. The Balaban J connectivity index is 3.30. The molecule has 0 aliphatic rings. The molecule has 0 saturated carbocycles. The second-order valence-electron chi connectivity index (χ2n) is 2.69.